The Balaban J connectivity index is 1.70. The molecule has 1 aliphatic rings. The van der Waals surface area contributed by atoms with Crippen LogP contribution in [-0.4, -0.2) is 16.5 Å². The van der Waals surface area contributed by atoms with E-state index in [0.717, 1.165) is 11.3 Å². The molecule has 1 aromatic heterocycles. The van der Waals surface area contributed by atoms with Gasteiger partial charge < -0.3 is 10.2 Å². The average molecular weight is 413 g/mol. The van der Waals surface area contributed by atoms with Crippen molar-refractivity contribution in [1.82, 2.24) is 9.97 Å². The highest BCUT2D eigenvalue weighted by Crippen LogP contribution is 2.38. The second kappa shape index (κ2) is 8.25. The number of aromatic nitrogens is 2. The Kier molecular flexibility index (Phi) is 5.34. The van der Waals surface area contributed by atoms with Crippen LogP contribution < -0.4 is 10.2 Å². The normalized spacial score (nSPS) is 12.5. The lowest BCUT2D eigenvalue weighted by Crippen LogP contribution is -2.18. The third-order valence-corrected chi connectivity index (χ3v) is 4.98. The molecule has 5 nitrogen and oxygen atoms in total. The first-order chi connectivity index (χ1) is 15.0. The molecule has 4 rings (SSSR count). The smallest absolute Gasteiger partial charge is 0.229 e. The number of aryl methyl sites for hydroxylation is 1. The first-order valence-corrected chi connectivity index (χ1v) is 9.54. The molecule has 3 aromatic rings. The lowest BCUT2D eigenvalue weighted by atomic mass is 10.1. The van der Waals surface area contributed by atoms with Crippen molar-refractivity contribution in [3.8, 4) is 18.4 Å². The zero-order chi connectivity index (χ0) is 22.0. The minimum Gasteiger partial charge on any atom is -0.324 e. The van der Waals surface area contributed by atoms with Crippen molar-refractivity contribution in [2.24, 2.45) is 0 Å². The van der Waals surface area contributed by atoms with Crippen molar-refractivity contribution >= 4 is 29.2 Å². The number of fused-ring (bicyclic) bond motifs is 1. The van der Waals surface area contributed by atoms with Crippen LogP contribution in [-0.2, 0) is 6.42 Å². The summed E-state index contributed by atoms with van der Waals surface area (Å²) in [5.41, 5.74) is 3.01. The zero-order valence-corrected chi connectivity index (χ0v) is 16.7. The molecular formula is C24H17F2N5. The fraction of sp³-hybridized carbons (Fsp3) is 0.125. The van der Waals surface area contributed by atoms with Crippen molar-refractivity contribution in [3.63, 3.8) is 0 Å². The van der Waals surface area contributed by atoms with E-state index >= 15 is 0 Å². The number of nitriles is 1. The molecule has 0 unspecified atom stereocenters. The lowest BCUT2D eigenvalue weighted by Gasteiger charge is -2.21. The molecule has 2 aromatic carbocycles. The number of terminal acetylenes is 1. The van der Waals surface area contributed by atoms with Crippen LogP contribution in [0.2, 0.25) is 0 Å². The van der Waals surface area contributed by atoms with Gasteiger partial charge in [-0.1, -0.05) is 5.92 Å². The molecule has 0 spiro atoms. The Morgan fingerprint density at radius 2 is 1.87 bits per heavy atom. The largest absolute Gasteiger partial charge is 0.324 e. The molecule has 31 heavy (non-hydrogen) atoms. The van der Waals surface area contributed by atoms with E-state index in [2.05, 4.69) is 27.3 Å². The van der Waals surface area contributed by atoms with Crippen LogP contribution in [0.4, 0.5) is 31.9 Å². The molecule has 0 aliphatic carbocycles. The monoisotopic (exact) mass is 413 g/mol. The van der Waals surface area contributed by atoms with Gasteiger partial charge in [-0.25, -0.2) is 13.8 Å². The molecule has 1 N–H and O–H groups in total. The Morgan fingerprint density at radius 3 is 2.52 bits per heavy atom. The van der Waals surface area contributed by atoms with Crippen molar-refractivity contribution in [3.05, 3.63) is 76.5 Å². The highest BCUT2D eigenvalue weighted by Gasteiger charge is 2.29. The summed E-state index contributed by atoms with van der Waals surface area (Å²) >= 11 is 0. The summed E-state index contributed by atoms with van der Waals surface area (Å²) < 4.78 is 29.7. The van der Waals surface area contributed by atoms with Gasteiger partial charge in [0.15, 0.2) is 11.6 Å². The van der Waals surface area contributed by atoms with Crippen molar-refractivity contribution < 1.29 is 8.78 Å². The Morgan fingerprint density at radius 1 is 1.16 bits per heavy atom. The van der Waals surface area contributed by atoms with Gasteiger partial charge in [0.25, 0.3) is 0 Å². The highest BCUT2D eigenvalue weighted by molar-refractivity contribution is 5.71. The van der Waals surface area contributed by atoms with Crippen molar-refractivity contribution in [2.75, 3.05) is 16.8 Å². The molecular weight excluding hydrogens is 396 g/mol. The maximum Gasteiger partial charge on any atom is 0.229 e. The molecule has 0 fully saturated rings. The number of allylic oxidation sites excluding steroid dienone is 1. The Hall–Kier alpha value is -4.23. The summed E-state index contributed by atoms with van der Waals surface area (Å²) in [6, 6.07) is 11.4. The summed E-state index contributed by atoms with van der Waals surface area (Å²) in [6.07, 6.45) is 8.60. The second-order valence-electron chi connectivity index (χ2n) is 6.98. The van der Waals surface area contributed by atoms with E-state index in [1.807, 2.05) is 6.92 Å². The third kappa shape index (κ3) is 3.94. The van der Waals surface area contributed by atoms with Gasteiger partial charge in [-0.05, 0) is 67.5 Å². The fourth-order valence-corrected chi connectivity index (χ4v) is 3.54. The highest BCUT2D eigenvalue weighted by atomic mass is 19.1. The number of anilines is 4. The van der Waals surface area contributed by atoms with E-state index in [0.29, 0.717) is 41.5 Å². The summed E-state index contributed by atoms with van der Waals surface area (Å²) in [7, 11) is 0. The van der Waals surface area contributed by atoms with Crippen molar-refractivity contribution in [2.45, 2.75) is 13.3 Å². The number of benzene rings is 2. The summed E-state index contributed by atoms with van der Waals surface area (Å²) in [5, 5.41) is 12.0. The molecule has 0 amide bonds. The van der Waals surface area contributed by atoms with E-state index in [4.69, 9.17) is 11.7 Å². The average Bonchev–Trinajstić information content (AvgIpc) is 3.16. The van der Waals surface area contributed by atoms with Crippen LogP contribution in [0.3, 0.4) is 0 Å². The maximum atomic E-state index is 14.9. The van der Waals surface area contributed by atoms with Crippen LogP contribution in [0, 0.1) is 42.2 Å². The van der Waals surface area contributed by atoms with E-state index in [-0.39, 0.29) is 5.69 Å². The quantitative estimate of drug-likeness (QED) is 0.609. The number of nitrogens with one attached hydrogen (secondary N) is 1. The predicted octanol–water partition coefficient (Wildman–Crippen LogP) is 5.02. The number of hydrogen-bond donors (Lipinski definition) is 1. The Labute approximate surface area is 178 Å². The number of nitrogens with zero attached hydrogens (tertiary/aromatic N) is 4. The van der Waals surface area contributed by atoms with Crippen LogP contribution in [0.25, 0.3) is 6.08 Å². The molecule has 1 aliphatic heterocycles. The SMILES string of the molecule is C#C/C=C/c1cc(F)c(N2CCc3c(C)nc(Nc4ccc(C#N)cc4)nc32)c(F)c1. The molecule has 0 radical (unpaired) electrons. The van der Waals surface area contributed by atoms with Gasteiger partial charge in [0, 0.05) is 23.5 Å². The van der Waals surface area contributed by atoms with Crippen LogP contribution in [0.1, 0.15) is 22.4 Å². The summed E-state index contributed by atoms with van der Waals surface area (Å²) in [6.45, 7) is 2.23. The minimum atomic E-state index is -0.692. The van der Waals surface area contributed by atoms with Crippen molar-refractivity contribution in [1.29, 1.82) is 5.26 Å². The maximum absolute atomic E-state index is 14.9. The van der Waals surface area contributed by atoms with Gasteiger partial charge in [0.1, 0.15) is 11.5 Å². The number of hydrogen-bond acceptors (Lipinski definition) is 5. The van der Waals surface area contributed by atoms with Gasteiger partial charge in [0.2, 0.25) is 5.95 Å². The standard InChI is InChI=1S/C24H17F2N5/c1-3-4-5-17-12-20(25)22(21(26)13-17)31-11-10-19-15(2)28-24(30-23(19)31)29-18-8-6-16(14-27)7-9-18/h1,4-9,12-13H,10-11H2,2H3,(H,28,29,30)/b5-4+. The molecule has 0 saturated heterocycles. The minimum absolute atomic E-state index is 0.154. The van der Waals surface area contributed by atoms with Gasteiger partial charge >= 0.3 is 0 Å². The first kappa shape index (κ1) is 20.1. The molecule has 152 valence electrons. The van der Waals surface area contributed by atoms with Gasteiger partial charge in [-0.15, -0.1) is 6.42 Å². The molecule has 0 bridgehead atoms. The lowest BCUT2D eigenvalue weighted by molar-refractivity contribution is 0.581. The van der Waals surface area contributed by atoms with Gasteiger partial charge in [0.05, 0.1) is 11.6 Å². The van der Waals surface area contributed by atoms with E-state index in [1.54, 1.807) is 24.3 Å². The zero-order valence-electron chi connectivity index (χ0n) is 16.7. The summed E-state index contributed by atoms with van der Waals surface area (Å²) in [4.78, 5) is 10.5. The van der Waals surface area contributed by atoms with E-state index in [9.17, 15) is 8.78 Å². The molecule has 0 saturated carbocycles. The second-order valence-corrected chi connectivity index (χ2v) is 6.98. The third-order valence-electron chi connectivity index (χ3n) is 4.98. The number of halogens is 2. The van der Waals surface area contributed by atoms with Gasteiger partial charge in [-0.3, -0.25) is 0 Å². The fourth-order valence-electron chi connectivity index (χ4n) is 3.54. The first-order valence-electron chi connectivity index (χ1n) is 9.54. The van der Waals surface area contributed by atoms with Crippen LogP contribution >= 0.6 is 0 Å². The Bertz CT molecular complexity index is 1240. The van der Waals surface area contributed by atoms with E-state index < -0.39 is 11.6 Å². The topological polar surface area (TPSA) is 64.8 Å². The molecule has 0 atom stereocenters. The molecule has 2 heterocycles. The van der Waals surface area contributed by atoms with E-state index in [1.165, 1.54) is 29.2 Å². The molecule has 7 heteroatoms. The van der Waals surface area contributed by atoms with Gasteiger partial charge in [-0.2, -0.15) is 10.2 Å². The number of rotatable bonds is 4. The van der Waals surface area contributed by atoms with Crippen LogP contribution in [0.15, 0.2) is 42.5 Å². The van der Waals surface area contributed by atoms with Crippen LogP contribution in [0.5, 0.6) is 0 Å². The predicted molar refractivity (Wildman–Crippen MR) is 116 cm³/mol. The summed E-state index contributed by atoms with van der Waals surface area (Å²) in [5.74, 6) is 1.69.